The first kappa shape index (κ1) is 17.2. The van der Waals surface area contributed by atoms with E-state index in [0.717, 1.165) is 21.9 Å². The lowest BCUT2D eigenvalue weighted by molar-refractivity contribution is -0.199. The van der Waals surface area contributed by atoms with Gasteiger partial charge in [-0.25, -0.2) is 0 Å². The van der Waals surface area contributed by atoms with Crippen LogP contribution in [0.15, 0.2) is 71.1 Å². The van der Waals surface area contributed by atoms with Gasteiger partial charge in [-0.1, -0.05) is 30.3 Å². The maximum Gasteiger partial charge on any atom is 0.255 e. The Morgan fingerprint density at radius 2 is 1.93 bits per heavy atom. The molecule has 1 atom stereocenters. The van der Waals surface area contributed by atoms with E-state index < -0.39 is 0 Å². The zero-order chi connectivity index (χ0) is 18.6. The minimum absolute atomic E-state index is 0.125. The minimum atomic E-state index is -0.185. The van der Waals surface area contributed by atoms with Gasteiger partial charge in [0.25, 0.3) is 5.91 Å². The van der Waals surface area contributed by atoms with Crippen molar-refractivity contribution in [2.24, 2.45) is 5.73 Å². The van der Waals surface area contributed by atoms with E-state index in [2.05, 4.69) is 10.2 Å². The van der Waals surface area contributed by atoms with Gasteiger partial charge in [0.15, 0.2) is 0 Å². The smallest absolute Gasteiger partial charge is 0.255 e. The third-order valence-corrected chi connectivity index (χ3v) is 4.57. The van der Waals surface area contributed by atoms with Crippen LogP contribution in [-0.2, 0) is 9.78 Å². The molecule has 2 aromatic carbocycles. The molecule has 1 aliphatic heterocycles. The summed E-state index contributed by atoms with van der Waals surface area (Å²) < 4.78 is 5.95. The Labute approximate surface area is 156 Å². The van der Waals surface area contributed by atoms with Crippen molar-refractivity contribution in [1.82, 2.24) is 5.32 Å². The zero-order valence-corrected chi connectivity index (χ0v) is 14.7. The largest absolute Gasteiger partial charge is 0.455 e. The fourth-order valence-electron chi connectivity index (χ4n) is 3.29. The standard InChI is InChI=1S/C21H20N2O4/c22-10-8-15(12-14-9-11-25-26-13-14)23-21(24)18-6-3-5-17-16-4-1-2-7-19(16)27-20(17)18/h1-7,9,11,13,15H,8,10,12,22H2,(H,23,24). The number of carbonyl (C=O) groups excluding carboxylic acids is 1. The SMILES string of the molecule is NCCC(CC1=COOC=C1)NC(=O)c1cccc2c1oc1ccccc12. The molecule has 3 aromatic rings. The number of nitrogens with one attached hydrogen (secondary N) is 1. The van der Waals surface area contributed by atoms with Gasteiger partial charge in [-0.2, -0.15) is 0 Å². The Bertz CT molecular complexity index is 1040. The number of rotatable bonds is 6. The second-order valence-electron chi connectivity index (χ2n) is 6.42. The summed E-state index contributed by atoms with van der Waals surface area (Å²) in [5.74, 6) is -0.185. The van der Waals surface area contributed by atoms with Gasteiger partial charge in [-0.15, -0.1) is 0 Å². The van der Waals surface area contributed by atoms with Crippen LogP contribution in [0.4, 0.5) is 0 Å². The predicted molar refractivity (Wildman–Crippen MR) is 103 cm³/mol. The molecule has 0 radical (unpaired) electrons. The minimum Gasteiger partial charge on any atom is -0.455 e. The van der Waals surface area contributed by atoms with Gasteiger partial charge in [0.05, 0.1) is 5.56 Å². The predicted octanol–water partition coefficient (Wildman–Crippen LogP) is 3.78. The average Bonchev–Trinajstić information content (AvgIpc) is 3.07. The van der Waals surface area contributed by atoms with Gasteiger partial charge in [0, 0.05) is 16.8 Å². The molecule has 6 heteroatoms. The highest BCUT2D eigenvalue weighted by molar-refractivity contribution is 6.13. The van der Waals surface area contributed by atoms with E-state index in [0.29, 0.717) is 30.5 Å². The molecule has 6 nitrogen and oxygen atoms in total. The fraction of sp³-hybridized carbons (Fsp3) is 0.190. The number of fused-ring (bicyclic) bond motifs is 3. The summed E-state index contributed by atoms with van der Waals surface area (Å²) in [6.45, 7) is 0.466. The number of amides is 1. The number of benzene rings is 2. The summed E-state index contributed by atoms with van der Waals surface area (Å²) in [4.78, 5) is 22.5. The Balaban J connectivity index is 1.61. The number of para-hydroxylation sites is 2. The topological polar surface area (TPSA) is 86.7 Å². The molecule has 3 N–H and O–H groups in total. The Hall–Kier alpha value is -3.25. The summed E-state index contributed by atoms with van der Waals surface area (Å²) in [5, 5.41) is 4.99. The van der Waals surface area contributed by atoms with Crippen LogP contribution in [0.25, 0.3) is 21.9 Å². The molecule has 1 amide bonds. The lowest BCUT2D eigenvalue weighted by atomic mass is 10.0. The highest BCUT2D eigenvalue weighted by Crippen LogP contribution is 2.30. The van der Waals surface area contributed by atoms with Gasteiger partial charge in [0.1, 0.15) is 23.7 Å². The van der Waals surface area contributed by atoms with E-state index in [1.807, 2.05) is 36.4 Å². The number of hydrogen-bond donors (Lipinski definition) is 2. The summed E-state index contributed by atoms with van der Waals surface area (Å²) in [5.41, 5.74) is 8.52. The second-order valence-corrected chi connectivity index (χ2v) is 6.42. The first-order valence-corrected chi connectivity index (χ1v) is 8.85. The van der Waals surface area contributed by atoms with Crippen LogP contribution in [0, 0.1) is 0 Å². The Morgan fingerprint density at radius 1 is 1.07 bits per heavy atom. The fourth-order valence-corrected chi connectivity index (χ4v) is 3.29. The van der Waals surface area contributed by atoms with Crippen molar-refractivity contribution in [3.63, 3.8) is 0 Å². The summed E-state index contributed by atoms with van der Waals surface area (Å²) >= 11 is 0. The molecular formula is C21H20N2O4. The zero-order valence-electron chi connectivity index (χ0n) is 14.7. The van der Waals surface area contributed by atoms with E-state index in [1.165, 1.54) is 12.5 Å². The molecule has 0 aliphatic carbocycles. The molecule has 1 unspecified atom stereocenters. The van der Waals surface area contributed by atoms with Gasteiger partial charge in [-0.3, -0.25) is 14.6 Å². The highest BCUT2D eigenvalue weighted by Gasteiger charge is 2.19. The average molecular weight is 364 g/mol. The van der Waals surface area contributed by atoms with Crippen molar-refractivity contribution >= 4 is 27.8 Å². The lowest BCUT2D eigenvalue weighted by Crippen LogP contribution is -2.36. The summed E-state index contributed by atoms with van der Waals surface area (Å²) in [6, 6.07) is 13.2. The molecule has 0 saturated carbocycles. The van der Waals surface area contributed by atoms with Crippen LogP contribution < -0.4 is 11.1 Å². The molecule has 2 heterocycles. The van der Waals surface area contributed by atoms with E-state index >= 15 is 0 Å². The number of nitrogens with two attached hydrogens (primary N) is 1. The molecule has 27 heavy (non-hydrogen) atoms. The lowest BCUT2D eigenvalue weighted by Gasteiger charge is -2.19. The monoisotopic (exact) mass is 364 g/mol. The van der Waals surface area contributed by atoms with Crippen molar-refractivity contribution in [1.29, 1.82) is 0 Å². The van der Waals surface area contributed by atoms with Crippen LogP contribution >= 0.6 is 0 Å². The molecule has 0 spiro atoms. The summed E-state index contributed by atoms with van der Waals surface area (Å²) in [6.07, 6.45) is 6.04. The first-order valence-electron chi connectivity index (χ1n) is 8.85. The maximum atomic E-state index is 13.0. The van der Waals surface area contributed by atoms with Gasteiger partial charge >= 0.3 is 0 Å². The van der Waals surface area contributed by atoms with E-state index in [1.54, 1.807) is 12.1 Å². The molecule has 0 saturated heterocycles. The molecule has 138 valence electrons. The van der Waals surface area contributed by atoms with Gasteiger partial charge < -0.3 is 15.5 Å². The van der Waals surface area contributed by atoms with Crippen LogP contribution in [-0.4, -0.2) is 18.5 Å². The van der Waals surface area contributed by atoms with E-state index in [4.69, 9.17) is 15.0 Å². The van der Waals surface area contributed by atoms with E-state index in [9.17, 15) is 4.79 Å². The molecule has 4 rings (SSSR count). The quantitative estimate of drug-likeness (QED) is 0.650. The van der Waals surface area contributed by atoms with Crippen molar-refractivity contribution in [3.05, 3.63) is 72.2 Å². The van der Waals surface area contributed by atoms with Crippen LogP contribution in [0.2, 0.25) is 0 Å². The molecular weight excluding hydrogens is 344 g/mol. The Morgan fingerprint density at radius 3 is 2.74 bits per heavy atom. The van der Waals surface area contributed by atoms with Crippen molar-refractivity contribution in [2.45, 2.75) is 18.9 Å². The van der Waals surface area contributed by atoms with Crippen LogP contribution in [0.5, 0.6) is 0 Å². The van der Waals surface area contributed by atoms with Gasteiger partial charge in [-0.05, 0) is 43.2 Å². The second kappa shape index (κ2) is 7.55. The molecule has 1 aliphatic rings. The number of allylic oxidation sites excluding steroid dienone is 1. The highest BCUT2D eigenvalue weighted by atomic mass is 17.2. The number of hydrogen-bond acceptors (Lipinski definition) is 5. The van der Waals surface area contributed by atoms with Crippen LogP contribution in [0.1, 0.15) is 23.2 Å². The van der Waals surface area contributed by atoms with Crippen molar-refractivity contribution < 1.29 is 19.0 Å². The number of furan rings is 1. The number of carbonyl (C=O) groups is 1. The first-order chi connectivity index (χ1) is 13.3. The van der Waals surface area contributed by atoms with E-state index in [-0.39, 0.29) is 11.9 Å². The van der Waals surface area contributed by atoms with Crippen LogP contribution in [0.3, 0.4) is 0 Å². The molecule has 1 aromatic heterocycles. The van der Waals surface area contributed by atoms with Crippen molar-refractivity contribution in [2.75, 3.05) is 6.54 Å². The third kappa shape index (κ3) is 3.52. The normalized spacial score (nSPS) is 14.5. The molecule has 0 bridgehead atoms. The summed E-state index contributed by atoms with van der Waals surface area (Å²) in [7, 11) is 0. The molecule has 0 fully saturated rings. The van der Waals surface area contributed by atoms with Gasteiger partial charge in [0.2, 0.25) is 0 Å². The van der Waals surface area contributed by atoms with Crippen molar-refractivity contribution in [3.8, 4) is 0 Å². The Kier molecular flexibility index (Phi) is 4.80. The third-order valence-electron chi connectivity index (χ3n) is 4.57. The maximum absolute atomic E-state index is 13.0.